The number of halogens is 1. The van der Waals surface area contributed by atoms with Gasteiger partial charge in [-0.2, -0.15) is 0 Å². The minimum atomic E-state index is -0.587. The number of hydrogen-bond donors (Lipinski definition) is 2. The summed E-state index contributed by atoms with van der Waals surface area (Å²) in [6, 6.07) is 8.48. The summed E-state index contributed by atoms with van der Waals surface area (Å²) in [5.74, 6) is -0.586. The molecule has 26 heavy (non-hydrogen) atoms. The Balaban J connectivity index is 1.57. The van der Waals surface area contributed by atoms with Crippen molar-refractivity contribution in [1.29, 1.82) is 0 Å². The smallest absolute Gasteiger partial charge is 0.321 e. The van der Waals surface area contributed by atoms with Crippen LogP contribution >= 0.6 is 27.3 Å². The number of aromatic nitrogens is 2. The number of hydrogen-bond acceptors (Lipinski definition) is 5. The first kappa shape index (κ1) is 18.3. The highest BCUT2D eigenvalue weighted by Gasteiger charge is 2.11. The van der Waals surface area contributed by atoms with Crippen LogP contribution in [0.15, 0.2) is 51.3 Å². The van der Waals surface area contributed by atoms with Gasteiger partial charge in [0, 0.05) is 15.9 Å². The summed E-state index contributed by atoms with van der Waals surface area (Å²) in [4.78, 5) is 41.5. The summed E-state index contributed by atoms with van der Waals surface area (Å²) in [5.41, 5.74) is 0.200. The second kappa shape index (κ2) is 8.24. The van der Waals surface area contributed by atoms with Crippen molar-refractivity contribution in [3.05, 3.63) is 61.7 Å². The van der Waals surface area contributed by atoms with E-state index in [2.05, 4.69) is 31.5 Å². The lowest BCUT2D eigenvalue weighted by Gasteiger charge is -2.08. The Bertz CT molecular complexity index is 1000. The van der Waals surface area contributed by atoms with Gasteiger partial charge in [0.2, 0.25) is 5.91 Å². The summed E-state index contributed by atoms with van der Waals surface area (Å²) < 4.78 is 1.92. The van der Waals surface area contributed by atoms with E-state index in [1.54, 1.807) is 29.5 Å². The third kappa shape index (κ3) is 4.55. The molecule has 0 saturated carbocycles. The van der Waals surface area contributed by atoms with Crippen molar-refractivity contribution >= 4 is 50.1 Å². The van der Waals surface area contributed by atoms with Crippen LogP contribution in [0.3, 0.4) is 0 Å². The third-order valence-electron chi connectivity index (χ3n) is 3.59. The average Bonchev–Trinajstić information content (AvgIpc) is 3.11. The van der Waals surface area contributed by atoms with Crippen LogP contribution in [-0.4, -0.2) is 28.0 Å². The van der Waals surface area contributed by atoms with E-state index in [9.17, 15) is 14.4 Å². The van der Waals surface area contributed by atoms with Crippen molar-refractivity contribution in [2.45, 2.75) is 13.0 Å². The highest BCUT2D eigenvalue weighted by Crippen LogP contribution is 2.14. The molecule has 1 aromatic carbocycles. The number of nitrogens with one attached hydrogen (secondary N) is 2. The van der Waals surface area contributed by atoms with Crippen LogP contribution in [0, 0.1) is 0 Å². The maximum atomic E-state index is 12.4. The molecule has 3 amide bonds. The molecule has 3 rings (SSSR count). The second-order valence-corrected chi connectivity index (χ2v) is 7.42. The molecule has 9 heteroatoms. The van der Waals surface area contributed by atoms with Gasteiger partial charge in [-0.15, -0.1) is 11.3 Å². The Morgan fingerprint density at radius 2 is 2.12 bits per heavy atom. The van der Waals surface area contributed by atoms with E-state index in [-0.39, 0.29) is 12.1 Å². The van der Waals surface area contributed by atoms with E-state index < -0.39 is 11.9 Å². The van der Waals surface area contributed by atoms with E-state index in [1.165, 1.54) is 10.9 Å². The molecule has 0 aliphatic carbocycles. The molecular weight excluding hydrogens is 420 g/mol. The van der Waals surface area contributed by atoms with Crippen molar-refractivity contribution in [1.82, 2.24) is 20.2 Å². The molecule has 0 bridgehead atoms. The van der Waals surface area contributed by atoms with Crippen LogP contribution in [0.4, 0.5) is 4.79 Å². The molecule has 2 heterocycles. The number of benzene rings is 1. The predicted octanol–water partition coefficient (Wildman–Crippen LogP) is 2.29. The van der Waals surface area contributed by atoms with Gasteiger partial charge in [-0.25, -0.2) is 9.78 Å². The molecule has 0 aliphatic heterocycles. The summed E-state index contributed by atoms with van der Waals surface area (Å²) in [7, 11) is 0. The van der Waals surface area contributed by atoms with Gasteiger partial charge in [0.05, 0.1) is 17.2 Å². The van der Waals surface area contributed by atoms with Crippen LogP contribution in [0.25, 0.3) is 10.9 Å². The molecular formula is C17H15BrN4O3S. The minimum Gasteiger partial charge on any atom is -0.337 e. The number of fused-ring (bicyclic) bond motifs is 1. The molecule has 0 fully saturated rings. The highest BCUT2D eigenvalue weighted by molar-refractivity contribution is 9.10. The Morgan fingerprint density at radius 1 is 1.27 bits per heavy atom. The number of thiophene rings is 1. The Hall–Kier alpha value is -2.52. The first-order valence-electron chi connectivity index (χ1n) is 7.78. The van der Waals surface area contributed by atoms with Gasteiger partial charge in [-0.05, 0) is 36.1 Å². The van der Waals surface area contributed by atoms with Crippen LogP contribution in [0.2, 0.25) is 0 Å². The van der Waals surface area contributed by atoms with Gasteiger partial charge in [0.15, 0.2) is 0 Å². The molecule has 0 spiro atoms. The lowest BCUT2D eigenvalue weighted by Crippen LogP contribution is -2.42. The molecule has 2 N–H and O–H groups in total. The van der Waals surface area contributed by atoms with Gasteiger partial charge >= 0.3 is 6.03 Å². The van der Waals surface area contributed by atoms with Crippen molar-refractivity contribution in [2.24, 2.45) is 0 Å². The standard InChI is InChI=1S/C17H15BrN4O3S/c18-11-3-4-14-13(8-11)16(24)22(10-20-14)9-15(23)21-17(25)19-6-5-12-2-1-7-26-12/h1-4,7-8,10H,5-6,9H2,(H2,19,21,23,25). The fourth-order valence-electron chi connectivity index (χ4n) is 2.36. The maximum absolute atomic E-state index is 12.4. The summed E-state index contributed by atoms with van der Waals surface area (Å²) in [6.07, 6.45) is 2.00. The van der Waals surface area contributed by atoms with Crippen molar-refractivity contribution in [3.8, 4) is 0 Å². The number of carbonyl (C=O) groups is 2. The summed E-state index contributed by atoms with van der Waals surface area (Å²) >= 11 is 4.91. The molecule has 0 radical (unpaired) electrons. The molecule has 134 valence electrons. The van der Waals surface area contributed by atoms with Gasteiger partial charge in [-0.1, -0.05) is 22.0 Å². The predicted molar refractivity (Wildman–Crippen MR) is 103 cm³/mol. The van der Waals surface area contributed by atoms with Crippen LogP contribution < -0.4 is 16.2 Å². The molecule has 0 aliphatic rings. The fraction of sp³-hybridized carbons (Fsp3) is 0.176. The van der Waals surface area contributed by atoms with E-state index >= 15 is 0 Å². The van der Waals surface area contributed by atoms with Crippen molar-refractivity contribution in [2.75, 3.05) is 6.54 Å². The summed E-state index contributed by atoms with van der Waals surface area (Å²) in [6.45, 7) is 0.137. The Labute approximate surface area is 161 Å². The van der Waals surface area contributed by atoms with Gasteiger partial charge in [0.25, 0.3) is 5.56 Å². The quantitative estimate of drug-likeness (QED) is 0.643. The summed E-state index contributed by atoms with van der Waals surface area (Å²) in [5, 5.41) is 7.19. The highest BCUT2D eigenvalue weighted by atomic mass is 79.9. The van der Waals surface area contributed by atoms with Crippen LogP contribution in [-0.2, 0) is 17.8 Å². The van der Waals surface area contributed by atoms with Gasteiger partial charge in [0.1, 0.15) is 6.54 Å². The third-order valence-corrected chi connectivity index (χ3v) is 5.02. The van der Waals surface area contributed by atoms with Crippen molar-refractivity contribution < 1.29 is 9.59 Å². The largest absolute Gasteiger partial charge is 0.337 e. The fourth-order valence-corrected chi connectivity index (χ4v) is 3.43. The van der Waals surface area contributed by atoms with E-state index in [4.69, 9.17) is 0 Å². The molecule has 0 saturated heterocycles. The van der Waals surface area contributed by atoms with Crippen molar-refractivity contribution in [3.63, 3.8) is 0 Å². The lowest BCUT2D eigenvalue weighted by molar-refractivity contribution is -0.120. The van der Waals surface area contributed by atoms with Crippen LogP contribution in [0.1, 0.15) is 4.88 Å². The SMILES string of the molecule is O=C(Cn1cnc2ccc(Br)cc2c1=O)NC(=O)NCCc1cccs1. The van der Waals surface area contributed by atoms with Crippen LogP contribution in [0.5, 0.6) is 0 Å². The Kier molecular flexibility index (Phi) is 5.79. The number of rotatable bonds is 5. The first-order chi connectivity index (χ1) is 12.5. The topological polar surface area (TPSA) is 93.1 Å². The lowest BCUT2D eigenvalue weighted by atomic mass is 10.2. The second-order valence-electron chi connectivity index (χ2n) is 5.47. The maximum Gasteiger partial charge on any atom is 0.321 e. The molecule has 7 nitrogen and oxygen atoms in total. The normalized spacial score (nSPS) is 10.7. The number of imide groups is 1. The molecule has 2 aromatic heterocycles. The zero-order valence-corrected chi connectivity index (χ0v) is 16.0. The van der Waals surface area contributed by atoms with Gasteiger partial charge in [-0.3, -0.25) is 19.5 Å². The number of nitrogens with zero attached hydrogens (tertiary/aromatic N) is 2. The molecule has 3 aromatic rings. The average molecular weight is 435 g/mol. The zero-order chi connectivity index (χ0) is 18.5. The molecule has 0 atom stereocenters. The van der Waals surface area contributed by atoms with E-state index in [0.717, 1.165) is 9.35 Å². The number of urea groups is 1. The zero-order valence-electron chi connectivity index (χ0n) is 13.6. The number of carbonyl (C=O) groups excluding carboxylic acids is 2. The van der Waals surface area contributed by atoms with E-state index in [1.807, 2.05) is 17.5 Å². The first-order valence-corrected chi connectivity index (χ1v) is 9.45. The number of amides is 3. The monoisotopic (exact) mass is 434 g/mol. The molecule has 0 unspecified atom stereocenters. The van der Waals surface area contributed by atoms with E-state index in [0.29, 0.717) is 23.9 Å². The van der Waals surface area contributed by atoms with Gasteiger partial charge < -0.3 is 5.32 Å². The Morgan fingerprint density at radius 3 is 2.88 bits per heavy atom. The minimum absolute atomic E-state index is 0.285.